The van der Waals surface area contributed by atoms with Crippen molar-refractivity contribution in [1.29, 1.82) is 0 Å². The van der Waals surface area contributed by atoms with E-state index in [2.05, 4.69) is 17.1 Å². The van der Waals surface area contributed by atoms with Gasteiger partial charge in [-0.3, -0.25) is 4.79 Å². The number of nitrogens with zero attached hydrogens (tertiary/aromatic N) is 2. The fourth-order valence-corrected chi connectivity index (χ4v) is 2.75. The van der Waals surface area contributed by atoms with Gasteiger partial charge in [-0.1, -0.05) is 0 Å². The largest absolute Gasteiger partial charge is 0.397 e. The van der Waals surface area contributed by atoms with Crippen LogP contribution in [0.1, 0.15) is 30.1 Å². The molecule has 116 valence electrons. The summed E-state index contributed by atoms with van der Waals surface area (Å²) < 4.78 is 0. The van der Waals surface area contributed by atoms with Crippen molar-refractivity contribution in [2.75, 3.05) is 44.8 Å². The van der Waals surface area contributed by atoms with Crippen molar-refractivity contribution in [3.63, 3.8) is 0 Å². The summed E-state index contributed by atoms with van der Waals surface area (Å²) >= 11 is 0. The molecule has 1 atom stereocenters. The molecule has 1 aliphatic rings. The Labute approximate surface area is 127 Å². The molecule has 0 aromatic heterocycles. The molecule has 0 radical (unpaired) electrons. The average molecular weight is 290 g/mol. The Bertz CT molecular complexity index is 495. The Morgan fingerprint density at radius 1 is 1.38 bits per heavy atom. The maximum absolute atomic E-state index is 11.9. The van der Waals surface area contributed by atoms with Gasteiger partial charge in [0.25, 0.3) is 5.91 Å². The van der Waals surface area contributed by atoms with Gasteiger partial charge in [0, 0.05) is 32.2 Å². The number of hydrogen-bond donors (Lipinski definition) is 2. The first kappa shape index (κ1) is 15.6. The summed E-state index contributed by atoms with van der Waals surface area (Å²) in [5.41, 5.74) is 8.21. The highest BCUT2D eigenvalue weighted by Gasteiger charge is 2.15. The lowest BCUT2D eigenvalue weighted by Gasteiger charge is -2.23. The first-order valence-corrected chi connectivity index (χ1v) is 7.57. The van der Waals surface area contributed by atoms with E-state index < -0.39 is 0 Å². The maximum atomic E-state index is 11.9. The van der Waals surface area contributed by atoms with Crippen molar-refractivity contribution in [2.45, 2.75) is 25.8 Å². The van der Waals surface area contributed by atoms with Crippen LogP contribution < -0.4 is 11.1 Å². The number of nitrogens with one attached hydrogen (secondary N) is 1. The quantitative estimate of drug-likeness (QED) is 0.813. The van der Waals surface area contributed by atoms with Gasteiger partial charge in [0.15, 0.2) is 0 Å². The van der Waals surface area contributed by atoms with Crippen LogP contribution in [0.5, 0.6) is 0 Å². The number of nitrogens with two attached hydrogens (primary N) is 1. The smallest absolute Gasteiger partial charge is 0.253 e. The minimum Gasteiger partial charge on any atom is -0.397 e. The van der Waals surface area contributed by atoms with Crippen LogP contribution in [0, 0.1) is 0 Å². The number of hydrogen-bond acceptors (Lipinski definition) is 4. The second-order valence-corrected chi connectivity index (χ2v) is 6.05. The van der Waals surface area contributed by atoms with Gasteiger partial charge in [-0.05, 0) is 51.1 Å². The van der Waals surface area contributed by atoms with Gasteiger partial charge in [-0.2, -0.15) is 0 Å². The molecule has 0 aliphatic carbocycles. The maximum Gasteiger partial charge on any atom is 0.253 e. The number of likely N-dealkylation sites (tertiary alicyclic amines) is 1. The lowest BCUT2D eigenvalue weighted by Crippen LogP contribution is -2.33. The van der Waals surface area contributed by atoms with Crippen LogP contribution >= 0.6 is 0 Å². The molecule has 1 amide bonds. The van der Waals surface area contributed by atoms with Crippen molar-refractivity contribution in [3.05, 3.63) is 23.8 Å². The molecule has 2 rings (SSSR count). The van der Waals surface area contributed by atoms with E-state index in [0.717, 1.165) is 12.2 Å². The number of carbonyl (C=O) groups excluding carboxylic acids is 1. The Morgan fingerprint density at radius 2 is 2.05 bits per heavy atom. The minimum absolute atomic E-state index is 0.0293. The molecule has 1 aromatic carbocycles. The lowest BCUT2D eigenvalue weighted by atomic mass is 10.1. The van der Waals surface area contributed by atoms with Crippen molar-refractivity contribution < 1.29 is 4.79 Å². The van der Waals surface area contributed by atoms with E-state index in [1.54, 1.807) is 25.1 Å². The Morgan fingerprint density at radius 3 is 2.62 bits per heavy atom. The molecule has 1 heterocycles. The number of carbonyl (C=O) groups is 1. The fourth-order valence-electron chi connectivity index (χ4n) is 2.75. The minimum atomic E-state index is -0.0293. The number of nitrogen functional groups attached to an aromatic ring is 1. The van der Waals surface area contributed by atoms with Gasteiger partial charge in [0.1, 0.15) is 0 Å². The van der Waals surface area contributed by atoms with Crippen LogP contribution in [0.2, 0.25) is 0 Å². The Kier molecular flexibility index (Phi) is 5.07. The highest BCUT2D eigenvalue weighted by atomic mass is 16.2. The van der Waals surface area contributed by atoms with E-state index in [0.29, 0.717) is 17.3 Å². The first-order chi connectivity index (χ1) is 9.97. The molecular weight excluding hydrogens is 264 g/mol. The van der Waals surface area contributed by atoms with E-state index in [1.165, 1.54) is 25.9 Å². The molecule has 1 unspecified atom stereocenters. The van der Waals surface area contributed by atoms with Gasteiger partial charge < -0.3 is 20.9 Å². The number of rotatable bonds is 5. The third kappa shape index (κ3) is 4.11. The van der Waals surface area contributed by atoms with Crippen molar-refractivity contribution >= 4 is 17.3 Å². The predicted molar refractivity (Wildman–Crippen MR) is 87.6 cm³/mol. The van der Waals surface area contributed by atoms with Crippen LogP contribution in [0.4, 0.5) is 11.4 Å². The molecule has 0 saturated carbocycles. The molecule has 0 spiro atoms. The summed E-state index contributed by atoms with van der Waals surface area (Å²) in [6.45, 7) is 5.57. The van der Waals surface area contributed by atoms with Crippen LogP contribution in [0.15, 0.2) is 18.2 Å². The Balaban J connectivity index is 1.98. The molecule has 1 fully saturated rings. The summed E-state index contributed by atoms with van der Waals surface area (Å²) in [5.74, 6) is -0.0293. The molecule has 1 saturated heterocycles. The third-order valence-electron chi connectivity index (χ3n) is 3.84. The number of amides is 1. The molecule has 1 aliphatic heterocycles. The van der Waals surface area contributed by atoms with E-state index >= 15 is 0 Å². The van der Waals surface area contributed by atoms with Gasteiger partial charge in [-0.15, -0.1) is 0 Å². The molecule has 5 nitrogen and oxygen atoms in total. The average Bonchev–Trinajstić information content (AvgIpc) is 2.92. The highest BCUT2D eigenvalue weighted by Crippen LogP contribution is 2.22. The van der Waals surface area contributed by atoms with Gasteiger partial charge in [0.2, 0.25) is 0 Å². The topological polar surface area (TPSA) is 61.6 Å². The highest BCUT2D eigenvalue weighted by molar-refractivity contribution is 5.95. The second-order valence-electron chi connectivity index (χ2n) is 6.05. The number of anilines is 2. The summed E-state index contributed by atoms with van der Waals surface area (Å²) in [6.07, 6.45) is 2.60. The number of benzene rings is 1. The molecular formula is C16H26N4O. The fraction of sp³-hybridized carbons (Fsp3) is 0.562. The lowest BCUT2D eigenvalue weighted by molar-refractivity contribution is 0.0827. The molecule has 21 heavy (non-hydrogen) atoms. The zero-order chi connectivity index (χ0) is 15.4. The molecule has 3 N–H and O–H groups in total. The normalized spacial score (nSPS) is 16.7. The zero-order valence-corrected chi connectivity index (χ0v) is 13.2. The summed E-state index contributed by atoms with van der Waals surface area (Å²) in [7, 11) is 3.48. The van der Waals surface area contributed by atoms with Crippen LogP contribution in [0.25, 0.3) is 0 Å². The van der Waals surface area contributed by atoms with Gasteiger partial charge in [-0.25, -0.2) is 0 Å². The van der Waals surface area contributed by atoms with Crippen molar-refractivity contribution in [2.24, 2.45) is 0 Å². The van der Waals surface area contributed by atoms with E-state index in [-0.39, 0.29) is 5.91 Å². The molecule has 1 aromatic rings. The van der Waals surface area contributed by atoms with Gasteiger partial charge >= 0.3 is 0 Å². The zero-order valence-electron chi connectivity index (χ0n) is 13.2. The van der Waals surface area contributed by atoms with Crippen LogP contribution in [0.3, 0.4) is 0 Å². The monoisotopic (exact) mass is 290 g/mol. The summed E-state index contributed by atoms with van der Waals surface area (Å²) in [6, 6.07) is 5.80. The third-order valence-corrected chi connectivity index (χ3v) is 3.84. The first-order valence-electron chi connectivity index (χ1n) is 7.57. The second kappa shape index (κ2) is 6.80. The van der Waals surface area contributed by atoms with Crippen molar-refractivity contribution in [1.82, 2.24) is 9.80 Å². The summed E-state index contributed by atoms with van der Waals surface area (Å²) in [5, 5.41) is 3.44. The van der Waals surface area contributed by atoms with E-state index in [1.807, 2.05) is 12.1 Å². The summed E-state index contributed by atoms with van der Waals surface area (Å²) in [4.78, 5) is 15.9. The Hall–Kier alpha value is -1.75. The van der Waals surface area contributed by atoms with E-state index in [4.69, 9.17) is 5.73 Å². The van der Waals surface area contributed by atoms with Crippen LogP contribution in [-0.4, -0.2) is 55.5 Å². The van der Waals surface area contributed by atoms with Crippen molar-refractivity contribution in [3.8, 4) is 0 Å². The van der Waals surface area contributed by atoms with Gasteiger partial charge in [0.05, 0.1) is 11.4 Å². The molecule has 5 heteroatoms. The standard InChI is InChI=1S/C16H26N4O/c1-12(11-20-8-4-5-9-20)18-15-7-6-13(10-14(15)17)16(21)19(2)3/h6-7,10,12,18H,4-5,8-9,11,17H2,1-3H3. The predicted octanol–water partition coefficient (Wildman–Crippen LogP) is 1.87. The molecule has 0 bridgehead atoms. The van der Waals surface area contributed by atoms with E-state index in [9.17, 15) is 4.79 Å². The van der Waals surface area contributed by atoms with Crippen LogP contribution in [-0.2, 0) is 0 Å². The SMILES string of the molecule is CC(CN1CCCC1)Nc1ccc(C(=O)N(C)C)cc1N.